The monoisotopic (exact) mass is 161 g/mol. The van der Waals surface area contributed by atoms with Gasteiger partial charge in [-0.05, 0) is 6.92 Å². The predicted octanol–water partition coefficient (Wildman–Crippen LogP) is 1.19. The first kappa shape index (κ1) is 13.2. The molecule has 0 aliphatic rings. The van der Waals surface area contributed by atoms with Crippen LogP contribution >= 0.6 is 0 Å². The molecular formula is C8H19NO2. The van der Waals surface area contributed by atoms with E-state index in [1.807, 2.05) is 0 Å². The maximum Gasteiger partial charge on any atom is 0.143 e. The Bertz CT molecular complexity index is 84.2. The lowest BCUT2D eigenvalue weighted by Crippen LogP contribution is -2.22. The van der Waals surface area contributed by atoms with Crippen molar-refractivity contribution in [3.63, 3.8) is 0 Å². The molecule has 11 heavy (non-hydrogen) atoms. The second-order valence-electron chi connectivity index (χ2n) is 2.27. The maximum absolute atomic E-state index is 10.2. The van der Waals surface area contributed by atoms with Crippen LogP contribution in [0, 0.1) is 0 Å². The van der Waals surface area contributed by atoms with E-state index in [1.165, 1.54) is 13.3 Å². The number of rotatable bonds is 4. The Labute approximate surface area is 69.1 Å². The van der Waals surface area contributed by atoms with Gasteiger partial charge in [0.25, 0.3) is 0 Å². The van der Waals surface area contributed by atoms with E-state index in [2.05, 4.69) is 23.9 Å². The lowest BCUT2D eigenvalue weighted by atomic mass is 10.5. The number of carbonyl (C=O) groups is 1. The van der Waals surface area contributed by atoms with Gasteiger partial charge in [0.2, 0.25) is 0 Å². The molecule has 0 saturated heterocycles. The number of methoxy groups -OCH3 is 1. The zero-order valence-electron chi connectivity index (χ0n) is 7.94. The first-order chi connectivity index (χ1) is 5.18. The summed E-state index contributed by atoms with van der Waals surface area (Å²) in [7, 11) is 1.58. The van der Waals surface area contributed by atoms with Gasteiger partial charge in [-0.2, -0.15) is 0 Å². The van der Waals surface area contributed by atoms with E-state index in [-0.39, 0.29) is 5.78 Å². The van der Waals surface area contributed by atoms with E-state index in [4.69, 9.17) is 0 Å². The summed E-state index contributed by atoms with van der Waals surface area (Å²) < 4.78 is 4.63. The zero-order chi connectivity index (χ0) is 9.11. The summed E-state index contributed by atoms with van der Waals surface area (Å²) in [5.74, 6) is 0.127. The average Bonchev–Trinajstić information content (AvgIpc) is 1.89. The highest BCUT2D eigenvalue weighted by molar-refractivity contribution is 5.77. The topological polar surface area (TPSA) is 38.3 Å². The summed E-state index contributed by atoms with van der Waals surface area (Å²) in [6.07, 6.45) is 1.25. The molecule has 0 heterocycles. The molecule has 0 unspecified atom stereocenters. The Morgan fingerprint density at radius 1 is 1.45 bits per heavy atom. The second kappa shape index (κ2) is 12.3. The van der Waals surface area contributed by atoms with Crippen LogP contribution in [0.5, 0.6) is 0 Å². The number of carbonyl (C=O) groups excluding carboxylic acids is 1. The Kier molecular flexibility index (Phi) is 14.7. The molecule has 0 atom stereocenters. The summed E-state index contributed by atoms with van der Waals surface area (Å²) in [5.41, 5.74) is 0. The normalized spacial score (nSPS) is 8.36. The predicted molar refractivity (Wildman–Crippen MR) is 46.5 cm³/mol. The molecule has 3 nitrogen and oxygen atoms in total. The minimum atomic E-state index is 0.127. The van der Waals surface area contributed by atoms with Gasteiger partial charge >= 0.3 is 0 Å². The Balaban J connectivity index is 0. The van der Waals surface area contributed by atoms with Crippen LogP contribution in [0.3, 0.4) is 0 Å². The smallest absolute Gasteiger partial charge is 0.143 e. The van der Waals surface area contributed by atoms with Crippen LogP contribution in [0.15, 0.2) is 0 Å². The van der Waals surface area contributed by atoms with Gasteiger partial charge in [-0.15, -0.1) is 0 Å². The molecular weight excluding hydrogens is 142 g/mol. The molecule has 0 rings (SSSR count). The van der Waals surface area contributed by atoms with Crippen LogP contribution in [-0.4, -0.2) is 26.2 Å². The van der Waals surface area contributed by atoms with Gasteiger partial charge < -0.3 is 4.74 Å². The van der Waals surface area contributed by atoms with Crippen LogP contribution < -0.4 is 5.32 Å². The summed E-state index contributed by atoms with van der Waals surface area (Å²) >= 11 is 0. The maximum atomic E-state index is 10.2. The summed E-state index contributed by atoms with van der Waals surface area (Å²) in [6.45, 7) is 6.62. The fraction of sp³-hybridized carbons (Fsp3) is 0.875. The molecule has 68 valence electrons. The Morgan fingerprint density at radius 3 is 2.18 bits per heavy atom. The molecule has 0 aliphatic heterocycles. The molecule has 1 N–H and O–H groups in total. The summed E-state index contributed by atoms with van der Waals surface area (Å²) in [4.78, 5) is 10.2. The molecule has 0 spiro atoms. The summed E-state index contributed by atoms with van der Waals surface area (Å²) in [5, 5.41) is 2.76. The van der Waals surface area contributed by atoms with Crippen molar-refractivity contribution in [1.82, 2.24) is 5.32 Å². The highest BCUT2D eigenvalue weighted by atomic mass is 16.5. The van der Waals surface area contributed by atoms with Crippen molar-refractivity contribution in [2.45, 2.75) is 27.2 Å². The van der Waals surface area contributed by atoms with Crippen molar-refractivity contribution in [2.24, 2.45) is 0 Å². The number of nitrogens with one attached hydrogen (secondary N) is 1. The van der Waals surface area contributed by atoms with Gasteiger partial charge in [0, 0.05) is 7.11 Å². The highest BCUT2D eigenvalue weighted by Gasteiger charge is 1.87. The van der Waals surface area contributed by atoms with Crippen molar-refractivity contribution in [3.8, 4) is 0 Å². The van der Waals surface area contributed by atoms with Gasteiger partial charge in [0.05, 0.1) is 13.3 Å². The number of hydrogen-bond donors (Lipinski definition) is 1. The van der Waals surface area contributed by atoms with Crippen LogP contribution in [0.4, 0.5) is 0 Å². The third-order valence-corrected chi connectivity index (χ3v) is 0.620. The Morgan fingerprint density at radius 2 is 1.91 bits per heavy atom. The lowest BCUT2D eigenvalue weighted by molar-refractivity contribution is -0.116. The van der Waals surface area contributed by atoms with Crippen LogP contribution in [-0.2, 0) is 9.53 Å². The third kappa shape index (κ3) is 26.2. The van der Waals surface area contributed by atoms with Crippen molar-refractivity contribution >= 4 is 5.78 Å². The quantitative estimate of drug-likeness (QED) is 0.497. The first-order valence-corrected chi connectivity index (χ1v) is 3.88. The van der Waals surface area contributed by atoms with Crippen LogP contribution in [0.1, 0.15) is 27.2 Å². The minimum Gasteiger partial charge on any atom is -0.370 e. The fourth-order valence-corrected chi connectivity index (χ4v) is 0.329. The standard InChI is InChI=1S/C5H11NO2.C3H8/c1-5(7)3-6-4-8-2;1-3-2/h6H,3-4H2,1-2H3;3H2,1-2H3. The van der Waals surface area contributed by atoms with Crippen molar-refractivity contribution < 1.29 is 9.53 Å². The minimum absolute atomic E-state index is 0.127. The van der Waals surface area contributed by atoms with Crippen molar-refractivity contribution in [3.05, 3.63) is 0 Å². The van der Waals surface area contributed by atoms with Crippen molar-refractivity contribution in [1.29, 1.82) is 0 Å². The van der Waals surface area contributed by atoms with Gasteiger partial charge in [-0.25, -0.2) is 0 Å². The lowest BCUT2D eigenvalue weighted by Gasteiger charge is -1.96. The van der Waals surface area contributed by atoms with Gasteiger partial charge in [-0.1, -0.05) is 20.3 Å². The van der Waals surface area contributed by atoms with E-state index < -0.39 is 0 Å². The SMILES string of the molecule is CCC.COCNCC(C)=O. The third-order valence-electron chi connectivity index (χ3n) is 0.620. The molecule has 3 heteroatoms. The number of ether oxygens (including phenoxy) is 1. The number of hydrogen-bond acceptors (Lipinski definition) is 3. The van der Waals surface area contributed by atoms with Gasteiger partial charge in [0.1, 0.15) is 5.78 Å². The van der Waals surface area contributed by atoms with Gasteiger partial charge in [-0.3, -0.25) is 10.1 Å². The molecule has 0 aromatic heterocycles. The molecule has 0 aromatic rings. The molecule has 0 saturated carbocycles. The molecule has 0 aliphatic carbocycles. The van der Waals surface area contributed by atoms with E-state index >= 15 is 0 Å². The van der Waals surface area contributed by atoms with Crippen LogP contribution in [0.2, 0.25) is 0 Å². The van der Waals surface area contributed by atoms with E-state index in [1.54, 1.807) is 7.11 Å². The number of Topliss-reactive ketones (excluding diaryl/α,β-unsaturated/α-hetero) is 1. The largest absolute Gasteiger partial charge is 0.370 e. The molecule has 0 bridgehead atoms. The second-order valence-corrected chi connectivity index (χ2v) is 2.27. The number of ketones is 1. The van der Waals surface area contributed by atoms with E-state index in [9.17, 15) is 4.79 Å². The molecule has 0 aromatic carbocycles. The van der Waals surface area contributed by atoms with E-state index in [0.29, 0.717) is 13.3 Å². The van der Waals surface area contributed by atoms with Crippen LogP contribution in [0.25, 0.3) is 0 Å². The molecule has 0 fully saturated rings. The summed E-state index contributed by atoms with van der Waals surface area (Å²) in [6, 6.07) is 0. The first-order valence-electron chi connectivity index (χ1n) is 3.88. The fourth-order valence-electron chi connectivity index (χ4n) is 0.329. The average molecular weight is 161 g/mol. The zero-order valence-corrected chi connectivity index (χ0v) is 7.94. The molecule has 0 amide bonds. The van der Waals surface area contributed by atoms with Crippen molar-refractivity contribution in [2.75, 3.05) is 20.4 Å². The highest BCUT2D eigenvalue weighted by Crippen LogP contribution is 1.63. The Hall–Kier alpha value is -0.410. The van der Waals surface area contributed by atoms with Gasteiger partial charge in [0.15, 0.2) is 0 Å². The van der Waals surface area contributed by atoms with E-state index in [0.717, 1.165) is 0 Å². The molecule has 0 radical (unpaired) electrons.